The van der Waals surface area contributed by atoms with Crippen LogP contribution in [0.15, 0.2) is 0 Å². The molecule has 0 radical (unpaired) electrons. The van der Waals surface area contributed by atoms with Gasteiger partial charge in [-0.3, -0.25) is 9.59 Å². The highest BCUT2D eigenvalue weighted by Crippen LogP contribution is 2.65. The summed E-state index contributed by atoms with van der Waals surface area (Å²) in [5.74, 6) is -0.311. The predicted octanol–water partition coefficient (Wildman–Crippen LogP) is 2.39. The summed E-state index contributed by atoms with van der Waals surface area (Å²) in [5, 5.41) is -0.462. The standard InChI is InChI=1S/C11H15ClO2/c1-10(2)6-4-5-11(10,3)8(13)7(6)9(12)14/h6-7H,4-5H2,1-3H3. The summed E-state index contributed by atoms with van der Waals surface area (Å²) in [4.78, 5) is 23.3. The minimum Gasteiger partial charge on any atom is -0.298 e. The van der Waals surface area contributed by atoms with Crippen LogP contribution in [0.25, 0.3) is 0 Å². The van der Waals surface area contributed by atoms with Crippen LogP contribution in [-0.4, -0.2) is 11.0 Å². The minimum atomic E-state index is -0.537. The van der Waals surface area contributed by atoms with Crippen molar-refractivity contribution in [3.8, 4) is 0 Å². The summed E-state index contributed by atoms with van der Waals surface area (Å²) in [7, 11) is 0. The highest BCUT2D eigenvalue weighted by atomic mass is 35.5. The monoisotopic (exact) mass is 214 g/mol. The van der Waals surface area contributed by atoms with E-state index in [1.165, 1.54) is 0 Å². The molecule has 0 spiro atoms. The number of Topliss-reactive ketones (excluding diaryl/α,β-unsaturated/α-hetero) is 1. The number of hydrogen-bond acceptors (Lipinski definition) is 2. The molecular weight excluding hydrogens is 200 g/mol. The van der Waals surface area contributed by atoms with E-state index in [1.807, 2.05) is 6.92 Å². The van der Waals surface area contributed by atoms with Crippen LogP contribution < -0.4 is 0 Å². The molecule has 2 aliphatic carbocycles. The van der Waals surface area contributed by atoms with Crippen molar-refractivity contribution in [2.24, 2.45) is 22.7 Å². The van der Waals surface area contributed by atoms with Gasteiger partial charge in [0, 0.05) is 5.41 Å². The molecule has 2 saturated carbocycles. The molecule has 0 aromatic carbocycles. The molecule has 0 aromatic rings. The van der Waals surface area contributed by atoms with Crippen molar-refractivity contribution in [2.45, 2.75) is 33.6 Å². The summed E-state index contributed by atoms with van der Waals surface area (Å²) in [6.07, 6.45) is 1.86. The molecule has 2 aliphatic rings. The van der Waals surface area contributed by atoms with E-state index < -0.39 is 11.2 Å². The van der Waals surface area contributed by atoms with E-state index >= 15 is 0 Å². The quantitative estimate of drug-likeness (QED) is 0.496. The maximum Gasteiger partial charge on any atom is 0.232 e. The Morgan fingerprint density at radius 3 is 2.29 bits per heavy atom. The number of halogens is 1. The van der Waals surface area contributed by atoms with Crippen LogP contribution >= 0.6 is 11.6 Å². The second-order valence-electron chi connectivity index (χ2n) is 5.34. The van der Waals surface area contributed by atoms with Gasteiger partial charge in [-0.1, -0.05) is 20.8 Å². The van der Waals surface area contributed by atoms with Crippen LogP contribution in [0.1, 0.15) is 33.6 Å². The number of carbonyl (C=O) groups is 2. The SMILES string of the molecule is CC12CCC(C(C(=O)Cl)C1=O)C2(C)C. The van der Waals surface area contributed by atoms with E-state index in [1.54, 1.807) is 0 Å². The summed E-state index contributed by atoms with van der Waals surface area (Å²) >= 11 is 5.50. The van der Waals surface area contributed by atoms with E-state index in [0.717, 1.165) is 12.8 Å². The van der Waals surface area contributed by atoms with E-state index in [0.29, 0.717) is 0 Å². The zero-order valence-electron chi connectivity index (χ0n) is 8.76. The van der Waals surface area contributed by atoms with Crippen molar-refractivity contribution in [3.63, 3.8) is 0 Å². The summed E-state index contributed by atoms with van der Waals surface area (Å²) < 4.78 is 0. The molecule has 2 nitrogen and oxygen atoms in total. The van der Waals surface area contributed by atoms with E-state index in [-0.39, 0.29) is 22.5 Å². The van der Waals surface area contributed by atoms with Gasteiger partial charge in [-0.15, -0.1) is 0 Å². The Kier molecular flexibility index (Phi) is 1.89. The largest absolute Gasteiger partial charge is 0.298 e. The molecule has 0 amide bonds. The Morgan fingerprint density at radius 2 is 2.00 bits per heavy atom. The third kappa shape index (κ3) is 0.881. The molecule has 2 bridgehead atoms. The van der Waals surface area contributed by atoms with Gasteiger partial charge in [-0.25, -0.2) is 0 Å². The first-order valence-corrected chi connectivity index (χ1v) is 5.44. The molecule has 3 atom stereocenters. The van der Waals surface area contributed by atoms with Crippen LogP contribution in [0, 0.1) is 22.7 Å². The lowest BCUT2D eigenvalue weighted by Crippen LogP contribution is -2.34. The van der Waals surface area contributed by atoms with Crippen molar-refractivity contribution in [1.82, 2.24) is 0 Å². The van der Waals surface area contributed by atoms with E-state index in [4.69, 9.17) is 11.6 Å². The fraction of sp³-hybridized carbons (Fsp3) is 0.818. The van der Waals surface area contributed by atoms with Gasteiger partial charge in [0.05, 0.1) is 5.92 Å². The van der Waals surface area contributed by atoms with Gasteiger partial charge in [-0.05, 0) is 35.8 Å². The van der Waals surface area contributed by atoms with Crippen molar-refractivity contribution >= 4 is 22.6 Å². The summed E-state index contributed by atoms with van der Waals surface area (Å²) in [5.41, 5.74) is -0.397. The molecule has 78 valence electrons. The molecule has 0 aliphatic heterocycles. The van der Waals surface area contributed by atoms with Gasteiger partial charge in [-0.2, -0.15) is 0 Å². The van der Waals surface area contributed by atoms with Gasteiger partial charge < -0.3 is 0 Å². The molecule has 14 heavy (non-hydrogen) atoms. The lowest BCUT2D eigenvalue weighted by atomic mass is 9.70. The third-order valence-corrected chi connectivity index (χ3v) is 5.01. The first kappa shape index (κ1) is 10.2. The van der Waals surface area contributed by atoms with Gasteiger partial charge in [0.1, 0.15) is 0 Å². The number of carbonyl (C=O) groups excluding carboxylic acids is 2. The van der Waals surface area contributed by atoms with Crippen LogP contribution in [0.2, 0.25) is 0 Å². The second kappa shape index (κ2) is 2.60. The highest BCUT2D eigenvalue weighted by molar-refractivity contribution is 6.65. The number of hydrogen-bond donors (Lipinski definition) is 0. The number of rotatable bonds is 1. The third-order valence-electron chi connectivity index (χ3n) is 4.78. The van der Waals surface area contributed by atoms with Crippen LogP contribution in [0.5, 0.6) is 0 Å². The average Bonchev–Trinajstić information content (AvgIpc) is 2.35. The van der Waals surface area contributed by atoms with Crippen molar-refractivity contribution < 1.29 is 9.59 Å². The highest BCUT2D eigenvalue weighted by Gasteiger charge is 2.67. The molecule has 0 aromatic heterocycles. The normalized spacial score (nSPS) is 44.4. The second-order valence-corrected chi connectivity index (χ2v) is 5.72. The Labute approximate surface area is 89.0 Å². The van der Waals surface area contributed by atoms with Gasteiger partial charge in [0.25, 0.3) is 0 Å². The Hall–Kier alpha value is -0.370. The topological polar surface area (TPSA) is 34.1 Å². The smallest absolute Gasteiger partial charge is 0.232 e. The van der Waals surface area contributed by atoms with Gasteiger partial charge in [0.2, 0.25) is 5.24 Å². The molecule has 2 fully saturated rings. The maximum atomic E-state index is 12.0. The zero-order chi connectivity index (χ0) is 10.7. The molecule has 3 heteroatoms. The van der Waals surface area contributed by atoms with Crippen LogP contribution in [0.4, 0.5) is 0 Å². The fourth-order valence-electron chi connectivity index (χ4n) is 3.35. The van der Waals surface area contributed by atoms with Crippen LogP contribution in [0.3, 0.4) is 0 Å². The van der Waals surface area contributed by atoms with Crippen molar-refractivity contribution in [3.05, 3.63) is 0 Å². The Morgan fingerprint density at radius 1 is 1.43 bits per heavy atom. The number of fused-ring (bicyclic) bond motifs is 2. The fourth-order valence-corrected chi connectivity index (χ4v) is 3.60. The van der Waals surface area contributed by atoms with E-state index in [9.17, 15) is 9.59 Å². The lowest BCUT2D eigenvalue weighted by molar-refractivity contribution is -0.135. The summed E-state index contributed by atoms with van der Waals surface area (Å²) in [6, 6.07) is 0. The first-order valence-electron chi connectivity index (χ1n) is 5.06. The molecular formula is C11H15ClO2. The molecule has 3 unspecified atom stereocenters. The van der Waals surface area contributed by atoms with Gasteiger partial charge >= 0.3 is 0 Å². The van der Waals surface area contributed by atoms with Gasteiger partial charge in [0.15, 0.2) is 5.78 Å². The van der Waals surface area contributed by atoms with Crippen LogP contribution in [-0.2, 0) is 9.59 Å². The lowest BCUT2D eigenvalue weighted by Gasteiger charge is -2.32. The molecule has 0 N–H and O–H groups in total. The Bertz CT molecular complexity index is 321. The van der Waals surface area contributed by atoms with Crippen molar-refractivity contribution in [2.75, 3.05) is 0 Å². The molecule has 2 rings (SSSR count). The summed E-state index contributed by atoms with van der Waals surface area (Å²) in [6.45, 7) is 6.15. The average molecular weight is 215 g/mol. The van der Waals surface area contributed by atoms with E-state index in [2.05, 4.69) is 13.8 Å². The first-order chi connectivity index (χ1) is 6.32. The minimum absolute atomic E-state index is 0.0683. The zero-order valence-corrected chi connectivity index (χ0v) is 9.52. The molecule has 0 heterocycles. The Balaban J connectivity index is 2.49. The predicted molar refractivity (Wildman–Crippen MR) is 54.0 cm³/mol. The molecule has 0 saturated heterocycles. The number of ketones is 1. The van der Waals surface area contributed by atoms with Crippen molar-refractivity contribution in [1.29, 1.82) is 0 Å². The maximum absolute atomic E-state index is 12.0.